The summed E-state index contributed by atoms with van der Waals surface area (Å²) in [7, 11) is 0. The van der Waals surface area contributed by atoms with E-state index in [1.165, 1.54) is 0 Å². The number of hydrogen-bond donors (Lipinski definition) is 1. The lowest BCUT2D eigenvalue weighted by molar-refractivity contribution is 0.101. The molecule has 2 heterocycles. The minimum Gasteiger partial charge on any atom is -0.343 e. The maximum Gasteiger partial charge on any atom is 0.272 e. The van der Waals surface area contributed by atoms with E-state index in [4.69, 9.17) is 0 Å². The van der Waals surface area contributed by atoms with Gasteiger partial charge < -0.3 is 9.88 Å². The van der Waals surface area contributed by atoms with Gasteiger partial charge in [-0.1, -0.05) is 0 Å². The molecule has 7 heteroatoms. The van der Waals surface area contributed by atoms with Gasteiger partial charge in [0.15, 0.2) is 0 Å². The number of carbonyl (C=O) groups is 1. The average molecular weight is 330 g/mol. The van der Waals surface area contributed by atoms with Gasteiger partial charge in [-0.15, -0.1) is 0 Å². The Hall–Kier alpha value is -1.76. The number of nitrogens with zero attached hydrogens (tertiary/aromatic N) is 2. The predicted octanol–water partition coefficient (Wildman–Crippen LogP) is 3.20. The first-order chi connectivity index (χ1) is 9.01. The zero-order chi connectivity index (χ0) is 14.0. The molecule has 0 spiro atoms. The Bertz CT molecular complexity index is 627. The van der Waals surface area contributed by atoms with Crippen molar-refractivity contribution in [3.8, 4) is 0 Å². The van der Waals surface area contributed by atoms with Crippen molar-refractivity contribution in [1.29, 1.82) is 0 Å². The molecular formula is C12H10BrF2N3O. The third-order valence-electron chi connectivity index (χ3n) is 2.50. The summed E-state index contributed by atoms with van der Waals surface area (Å²) in [6.07, 6.45) is 1.74. The number of rotatable bonds is 3. The third kappa shape index (κ3) is 2.98. The van der Waals surface area contributed by atoms with Gasteiger partial charge in [-0.25, -0.2) is 0 Å². The quantitative estimate of drug-likeness (QED) is 0.879. The van der Waals surface area contributed by atoms with Crippen LogP contribution in [0.25, 0.3) is 0 Å². The van der Waals surface area contributed by atoms with E-state index < -0.39 is 17.8 Å². The van der Waals surface area contributed by atoms with E-state index in [1.54, 1.807) is 16.8 Å². The number of nitrogens with one attached hydrogen (secondary N) is 1. The summed E-state index contributed by atoms with van der Waals surface area (Å²) in [4.78, 5) is 15.0. The molecule has 0 atom stereocenters. The lowest BCUT2D eigenvalue weighted by Gasteiger charge is -2.07. The molecule has 2 aromatic rings. The molecule has 19 heavy (non-hydrogen) atoms. The van der Waals surface area contributed by atoms with Crippen molar-refractivity contribution in [3.63, 3.8) is 0 Å². The summed E-state index contributed by atoms with van der Waals surface area (Å²) in [5.74, 6) is -2.47. The van der Waals surface area contributed by atoms with Crippen molar-refractivity contribution < 1.29 is 13.6 Å². The molecule has 0 saturated carbocycles. The fraction of sp³-hybridized carbons (Fsp3) is 0.167. The SMILES string of the molecule is CCn1cc(Br)cc1C(=O)Nc1ccc(F)nc1F. The molecule has 0 aromatic carbocycles. The Labute approximate surface area is 116 Å². The van der Waals surface area contributed by atoms with Crippen LogP contribution in [0.2, 0.25) is 0 Å². The molecule has 4 nitrogen and oxygen atoms in total. The Morgan fingerprint density at radius 1 is 1.47 bits per heavy atom. The summed E-state index contributed by atoms with van der Waals surface area (Å²) < 4.78 is 28.4. The lowest BCUT2D eigenvalue weighted by Crippen LogP contribution is -2.17. The van der Waals surface area contributed by atoms with Crippen LogP contribution in [-0.4, -0.2) is 15.5 Å². The Balaban J connectivity index is 2.25. The average Bonchev–Trinajstić information content (AvgIpc) is 2.74. The van der Waals surface area contributed by atoms with Crippen molar-refractivity contribution >= 4 is 27.5 Å². The fourth-order valence-corrected chi connectivity index (χ4v) is 2.08. The molecule has 1 amide bonds. The highest BCUT2D eigenvalue weighted by Crippen LogP contribution is 2.18. The summed E-state index contributed by atoms with van der Waals surface area (Å²) in [5, 5.41) is 2.36. The first kappa shape index (κ1) is 13.7. The normalized spacial score (nSPS) is 10.5. The maximum atomic E-state index is 13.3. The molecule has 0 saturated heterocycles. The van der Waals surface area contributed by atoms with Crippen molar-refractivity contribution in [2.45, 2.75) is 13.5 Å². The van der Waals surface area contributed by atoms with Gasteiger partial charge in [-0.3, -0.25) is 4.79 Å². The third-order valence-corrected chi connectivity index (χ3v) is 2.93. The van der Waals surface area contributed by atoms with Crippen molar-refractivity contribution in [3.05, 3.63) is 46.5 Å². The number of carbonyl (C=O) groups excluding carboxylic acids is 1. The van der Waals surface area contributed by atoms with E-state index in [2.05, 4.69) is 26.2 Å². The molecular weight excluding hydrogens is 320 g/mol. The molecule has 0 aliphatic heterocycles. The minimum atomic E-state index is -1.05. The Morgan fingerprint density at radius 3 is 2.84 bits per heavy atom. The second-order valence-corrected chi connectivity index (χ2v) is 4.67. The number of amides is 1. The van der Waals surface area contributed by atoms with Crippen molar-refractivity contribution in [2.24, 2.45) is 0 Å². The van der Waals surface area contributed by atoms with E-state index in [9.17, 15) is 13.6 Å². The second kappa shape index (κ2) is 5.48. The van der Waals surface area contributed by atoms with E-state index in [0.717, 1.165) is 16.6 Å². The molecule has 2 aromatic heterocycles. The largest absolute Gasteiger partial charge is 0.343 e. The van der Waals surface area contributed by atoms with Crippen molar-refractivity contribution in [2.75, 3.05) is 5.32 Å². The highest BCUT2D eigenvalue weighted by atomic mass is 79.9. The topological polar surface area (TPSA) is 46.9 Å². The summed E-state index contributed by atoms with van der Waals surface area (Å²) in [5.41, 5.74) is 0.212. The zero-order valence-corrected chi connectivity index (χ0v) is 11.5. The van der Waals surface area contributed by atoms with Crippen LogP contribution >= 0.6 is 15.9 Å². The van der Waals surface area contributed by atoms with Gasteiger partial charge in [0.05, 0.1) is 5.69 Å². The smallest absolute Gasteiger partial charge is 0.272 e. The minimum absolute atomic E-state index is 0.161. The molecule has 0 aliphatic carbocycles. The van der Waals surface area contributed by atoms with Gasteiger partial charge in [0, 0.05) is 17.2 Å². The van der Waals surface area contributed by atoms with Gasteiger partial charge in [0.1, 0.15) is 5.69 Å². The summed E-state index contributed by atoms with van der Waals surface area (Å²) in [6, 6.07) is 3.73. The molecule has 0 radical (unpaired) electrons. The monoisotopic (exact) mass is 329 g/mol. The van der Waals surface area contributed by atoms with Crippen LogP contribution in [0.5, 0.6) is 0 Å². The van der Waals surface area contributed by atoms with E-state index in [1.807, 2.05) is 6.92 Å². The number of pyridine rings is 1. The number of hydrogen-bond acceptors (Lipinski definition) is 2. The van der Waals surface area contributed by atoms with Gasteiger partial charge in [0.2, 0.25) is 11.9 Å². The molecule has 0 bridgehead atoms. The van der Waals surface area contributed by atoms with E-state index in [0.29, 0.717) is 12.2 Å². The van der Waals surface area contributed by atoms with Crippen LogP contribution < -0.4 is 5.32 Å². The lowest BCUT2D eigenvalue weighted by atomic mass is 10.3. The molecule has 2 rings (SSSR count). The maximum absolute atomic E-state index is 13.3. The van der Waals surface area contributed by atoms with Crippen LogP contribution in [0.1, 0.15) is 17.4 Å². The molecule has 0 aliphatic rings. The Morgan fingerprint density at radius 2 is 2.21 bits per heavy atom. The van der Waals surface area contributed by atoms with Gasteiger partial charge >= 0.3 is 0 Å². The first-order valence-electron chi connectivity index (χ1n) is 5.50. The van der Waals surface area contributed by atoms with Crippen LogP contribution in [0.3, 0.4) is 0 Å². The number of halogens is 3. The second-order valence-electron chi connectivity index (χ2n) is 3.76. The summed E-state index contributed by atoms with van der Waals surface area (Å²) >= 11 is 3.26. The van der Waals surface area contributed by atoms with Gasteiger partial charge in [0.25, 0.3) is 5.91 Å². The van der Waals surface area contributed by atoms with Crippen molar-refractivity contribution in [1.82, 2.24) is 9.55 Å². The molecule has 0 fully saturated rings. The number of aromatic nitrogens is 2. The first-order valence-corrected chi connectivity index (χ1v) is 6.29. The number of aryl methyl sites for hydroxylation is 1. The van der Waals surface area contributed by atoms with Crippen LogP contribution in [0.4, 0.5) is 14.5 Å². The van der Waals surface area contributed by atoms with Crippen LogP contribution in [-0.2, 0) is 6.54 Å². The molecule has 1 N–H and O–H groups in total. The highest BCUT2D eigenvalue weighted by Gasteiger charge is 2.15. The zero-order valence-electron chi connectivity index (χ0n) is 9.95. The van der Waals surface area contributed by atoms with Gasteiger partial charge in [-0.2, -0.15) is 13.8 Å². The van der Waals surface area contributed by atoms with Gasteiger partial charge in [-0.05, 0) is 41.1 Å². The predicted molar refractivity (Wildman–Crippen MR) is 69.9 cm³/mol. The standard InChI is InChI=1S/C12H10BrF2N3O/c1-2-18-6-7(13)5-9(18)12(19)16-8-3-4-10(14)17-11(8)15/h3-6H,2H2,1H3,(H,16,19). The Kier molecular flexibility index (Phi) is 3.94. The van der Waals surface area contributed by atoms with E-state index >= 15 is 0 Å². The van der Waals surface area contributed by atoms with E-state index in [-0.39, 0.29) is 5.69 Å². The molecule has 0 unspecified atom stereocenters. The molecule has 100 valence electrons. The van der Waals surface area contributed by atoms with Crippen LogP contribution in [0, 0.1) is 11.9 Å². The van der Waals surface area contributed by atoms with Crippen LogP contribution in [0.15, 0.2) is 28.9 Å². The highest BCUT2D eigenvalue weighted by molar-refractivity contribution is 9.10. The number of anilines is 1. The fourth-order valence-electron chi connectivity index (χ4n) is 1.62. The summed E-state index contributed by atoms with van der Waals surface area (Å²) in [6.45, 7) is 2.47.